The van der Waals surface area contributed by atoms with Crippen LogP contribution in [0.4, 0.5) is 0 Å². The smallest absolute Gasteiger partial charge is 0.206 e. The van der Waals surface area contributed by atoms with Gasteiger partial charge in [0, 0.05) is 20.0 Å². The zero-order valence-corrected chi connectivity index (χ0v) is 6.96. The van der Waals surface area contributed by atoms with Crippen molar-refractivity contribution in [1.82, 2.24) is 0 Å². The molecule has 0 aliphatic carbocycles. The van der Waals surface area contributed by atoms with Crippen LogP contribution in [0.5, 0.6) is 0 Å². The van der Waals surface area contributed by atoms with Crippen molar-refractivity contribution in [1.29, 1.82) is 0 Å². The van der Waals surface area contributed by atoms with Crippen molar-refractivity contribution in [3.8, 4) is 0 Å². The van der Waals surface area contributed by atoms with Gasteiger partial charge in [-0.1, -0.05) is 18.4 Å². The quantitative estimate of drug-likeness (QED) is 0.588. The number of hydrogen-bond acceptors (Lipinski definition) is 4. The molecule has 0 radical (unpaired) electrons. The molecule has 66 valence electrons. The van der Waals surface area contributed by atoms with Gasteiger partial charge < -0.3 is 4.74 Å². The van der Waals surface area contributed by atoms with Crippen LogP contribution in [-0.2, 0) is 19.6 Å². The van der Waals surface area contributed by atoms with Crippen molar-refractivity contribution in [2.45, 2.75) is 32.0 Å². The zero-order valence-electron chi connectivity index (χ0n) is 6.96. The lowest BCUT2D eigenvalue weighted by molar-refractivity contribution is -0.598. The molecule has 1 aliphatic rings. The summed E-state index contributed by atoms with van der Waals surface area (Å²) in [6.07, 6.45) is 2.54. The van der Waals surface area contributed by atoms with Gasteiger partial charge in [0.05, 0.1) is 6.61 Å². The van der Waals surface area contributed by atoms with E-state index in [4.69, 9.17) is 9.62 Å². The van der Waals surface area contributed by atoms with Gasteiger partial charge in [-0.05, 0) is 0 Å². The Bertz CT molecular complexity index is 103. The Morgan fingerprint density at radius 1 is 1.55 bits per heavy atom. The van der Waals surface area contributed by atoms with Crippen molar-refractivity contribution >= 4 is 0 Å². The van der Waals surface area contributed by atoms with Gasteiger partial charge in [0.15, 0.2) is 0 Å². The Labute approximate surface area is 66.2 Å². The summed E-state index contributed by atoms with van der Waals surface area (Å²) in [4.78, 5) is 9.48. The van der Waals surface area contributed by atoms with Crippen LogP contribution in [0.1, 0.15) is 26.2 Å². The third-order valence-electron chi connectivity index (χ3n) is 1.80. The van der Waals surface area contributed by atoms with Crippen LogP contribution in [0.25, 0.3) is 0 Å². The predicted octanol–water partition coefficient (Wildman–Crippen LogP) is 1.41. The molecular weight excluding hydrogens is 148 g/mol. The van der Waals surface area contributed by atoms with Gasteiger partial charge in [0.25, 0.3) is 0 Å². The summed E-state index contributed by atoms with van der Waals surface area (Å²) < 4.78 is 5.19. The van der Waals surface area contributed by atoms with Crippen LogP contribution < -0.4 is 0 Å². The fourth-order valence-electron chi connectivity index (χ4n) is 1.14. The maximum atomic E-state index is 5.19. The summed E-state index contributed by atoms with van der Waals surface area (Å²) >= 11 is 0. The highest BCUT2D eigenvalue weighted by molar-refractivity contribution is 4.67. The van der Waals surface area contributed by atoms with E-state index >= 15 is 0 Å². The molecule has 4 nitrogen and oxygen atoms in total. The summed E-state index contributed by atoms with van der Waals surface area (Å²) in [6, 6.07) is 0. The molecule has 0 N–H and O–H groups in total. The van der Waals surface area contributed by atoms with Crippen molar-refractivity contribution in [2.75, 3.05) is 13.7 Å². The molecule has 0 bridgehead atoms. The Balaban J connectivity index is 2.42. The molecule has 0 aromatic carbocycles. The fraction of sp³-hybridized carbons (Fsp3) is 1.00. The van der Waals surface area contributed by atoms with Crippen LogP contribution in [0.2, 0.25) is 0 Å². The molecule has 1 fully saturated rings. The van der Waals surface area contributed by atoms with Gasteiger partial charge in [-0.15, -0.1) is 0 Å². The van der Waals surface area contributed by atoms with E-state index in [-0.39, 0.29) is 0 Å². The predicted molar refractivity (Wildman–Crippen MR) is 37.4 cm³/mol. The summed E-state index contributed by atoms with van der Waals surface area (Å²) in [7, 11) is 1.62. The van der Waals surface area contributed by atoms with E-state index in [9.17, 15) is 0 Å². The van der Waals surface area contributed by atoms with Gasteiger partial charge in [-0.25, -0.2) is 4.89 Å². The van der Waals surface area contributed by atoms with E-state index in [1.165, 1.54) is 0 Å². The third-order valence-corrected chi connectivity index (χ3v) is 1.80. The maximum absolute atomic E-state index is 5.19. The first kappa shape index (κ1) is 8.93. The van der Waals surface area contributed by atoms with Gasteiger partial charge in [0.1, 0.15) is 0 Å². The first-order chi connectivity index (χ1) is 5.33. The van der Waals surface area contributed by atoms with Crippen LogP contribution >= 0.6 is 0 Å². The number of hydrogen-bond donors (Lipinski definition) is 0. The molecule has 1 aliphatic heterocycles. The zero-order chi connectivity index (χ0) is 8.16. The molecule has 0 spiro atoms. The maximum Gasteiger partial charge on any atom is 0.206 e. The van der Waals surface area contributed by atoms with Gasteiger partial charge in [0.2, 0.25) is 5.79 Å². The lowest BCUT2D eigenvalue weighted by Crippen LogP contribution is -2.39. The summed E-state index contributed by atoms with van der Waals surface area (Å²) in [5.74, 6) is -0.576. The van der Waals surface area contributed by atoms with Crippen molar-refractivity contribution in [3.05, 3.63) is 0 Å². The van der Waals surface area contributed by atoms with E-state index < -0.39 is 5.79 Å². The van der Waals surface area contributed by atoms with Crippen molar-refractivity contribution < 1.29 is 19.6 Å². The molecule has 0 aromatic heterocycles. The summed E-state index contributed by atoms with van der Waals surface area (Å²) in [5.41, 5.74) is 0. The highest BCUT2D eigenvalue weighted by atomic mass is 17.5. The van der Waals surface area contributed by atoms with Gasteiger partial charge >= 0.3 is 0 Å². The number of ether oxygens (including phenoxy) is 1. The normalized spacial score (nSPS) is 32.2. The average Bonchev–Trinajstić information content (AvgIpc) is 2.07. The van der Waals surface area contributed by atoms with E-state index in [1.54, 1.807) is 7.11 Å². The van der Waals surface area contributed by atoms with E-state index in [1.807, 2.05) is 0 Å². The molecular formula is C7H14O4. The van der Waals surface area contributed by atoms with Crippen LogP contribution in [0, 0.1) is 0 Å². The fourth-order valence-corrected chi connectivity index (χ4v) is 1.14. The third kappa shape index (κ3) is 2.13. The molecule has 1 saturated heterocycles. The lowest BCUT2D eigenvalue weighted by Gasteiger charge is -2.32. The molecule has 4 heteroatoms. The minimum atomic E-state index is -0.576. The first-order valence-electron chi connectivity index (χ1n) is 3.85. The minimum Gasteiger partial charge on any atom is -0.351 e. The average molecular weight is 162 g/mol. The Morgan fingerprint density at radius 3 is 2.82 bits per heavy atom. The van der Waals surface area contributed by atoms with Crippen LogP contribution in [0.15, 0.2) is 0 Å². The highest BCUT2D eigenvalue weighted by Crippen LogP contribution is 2.26. The summed E-state index contributed by atoms with van der Waals surface area (Å²) in [6.45, 7) is 2.59. The van der Waals surface area contributed by atoms with Gasteiger partial charge in [-0.3, -0.25) is 0 Å². The molecule has 1 atom stereocenters. The topological polar surface area (TPSA) is 36.9 Å². The number of methoxy groups -OCH3 is 1. The van der Waals surface area contributed by atoms with E-state index in [0.717, 1.165) is 19.3 Å². The second kappa shape index (κ2) is 4.01. The molecule has 1 heterocycles. The first-order valence-corrected chi connectivity index (χ1v) is 3.85. The SMILES string of the molecule is CCCC1(OC)CCOOO1. The second-order valence-corrected chi connectivity index (χ2v) is 2.59. The number of rotatable bonds is 3. The van der Waals surface area contributed by atoms with Crippen molar-refractivity contribution in [3.63, 3.8) is 0 Å². The van der Waals surface area contributed by atoms with Crippen LogP contribution in [0.3, 0.4) is 0 Å². The molecule has 0 aromatic rings. The van der Waals surface area contributed by atoms with Crippen molar-refractivity contribution in [2.24, 2.45) is 0 Å². The van der Waals surface area contributed by atoms with E-state index in [0.29, 0.717) is 6.61 Å². The molecule has 11 heavy (non-hydrogen) atoms. The van der Waals surface area contributed by atoms with Gasteiger partial charge in [-0.2, -0.15) is 4.89 Å². The minimum absolute atomic E-state index is 0.522. The molecule has 0 amide bonds. The largest absolute Gasteiger partial charge is 0.351 e. The highest BCUT2D eigenvalue weighted by Gasteiger charge is 2.34. The monoisotopic (exact) mass is 162 g/mol. The second-order valence-electron chi connectivity index (χ2n) is 2.59. The standard InChI is InChI=1S/C7H14O4/c1-3-4-7(8-2)5-6-9-11-10-7/h3-6H2,1-2H3. The summed E-state index contributed by atoms with van der Waals surface area (Å²) in [5, 5.41) is 4.40. The molecule has 1 rings (SSSR count). The molecule has 0 saturated carbocycles. The van der Waals surface area contributed by atoms with E-state index in [2.05, 4.69) is 16.8 Å². The Morgan fingerprint density at radius 2 is 2.36 bits per heavy atom. The Kier molecular flexibility index (Phi) is 3.26. The Hall–Kier alpha value is -0.160. The lowest BCUT2D eigenvalue weighted by atomic mass is 10.1. The molecule has 1 unspecified atom stereocenters. The van der Waals surface area contributed by atoms with Crippen LogP contribution in [-0.4, -0.2) is 19.5 Å².